The smallest absolute Gasteiger partial charge is 0.336 e. The van der Waals surface area contributed by atoms with Crippen LogP contribution in [0.15, 0.2) is 24.3 Å². The third-order valence-electron chi connectivity index (χ3n) is 2.98. The molecule has 0 aromatic heterocycles. The van der Waals surface area contributed by atoms with Crippen LogP contribution in [0.5, 0.6) is 0 Å². The number of carboxylic acid groups (broad SMARTS) is 2. The first-order valence-electron chi connectivity index (χ1n) is 6.04. The van der Waals surface area contributed by atoms with Gasteiger partial charge in [-0.3, -0.25) is 4.79 Å². The van der Waals surface area contributed by atoms with E-state index in [1.165, 1.54) is 0 Å². The molecule has 0 saturated carbocycles. The Morgan fingerprint density at radius 1 is 1.20 bits per heavy atom. The molecular weight excluding hydrogens is 262 g/mol. The van der Waals surface area contributed by atoms with E-state index in [1.54, 1.807) is 24.3 Å². The standard InChI is InChI=1S/C14H15NO5/c15-9-11-5-3-10(4-6-11)2-1-7-14(20,13(18)19)8-12(16)17/h3-6,20H,1-2,7-8H2,(H,16,17)(H,18,19)/t14-/m1/s1. The minimum Gasteiger partial charge on any atom is -0.481 e. The van der Waals surface area contributed by atoms with Crippen molar-refractivity contribution in [2.24, 2.45) is 0 Å². The number of hydrogen-bond acceptors (Lipinski definition) is 4. The average Bonchev–Trinajstić information content (AvgIpc) is 2.38. The van der Waals surface area contributed by atoms with Crippen molar-refractivity contribution in [3.05, 3.63) is 35.4 Å². The highest BCUT2D eigenvalue weighted by Gasteiger charge is 2.37. The Hall–Kier alpha value is -2.39. The Morgan fingerprint density at radius 2 is 1.80 bits per heavy atom. The van der Waals surface area contributed by atoms with Gasteiger partial charge in [-0.05, 0) is 37.0 Å². The van der Waals surface area contributed by atoms with E-state index in [1.807, 2.05) is 6.07 Å². The summed E-state index contributed by atoms with van der Waals surface area (Å²) in [5, 5.41) is 36.0. The number of nitriles is 1. The van der Waals surface area contributed by atoms with E-state index < -0.39 is 24.0 Å². The lowest BCUT2D eigenvalue weighted by Gasteiger charge is -2.21. The van der Waals surface area contributed by atoms with E-state index in [4.69, 9.17) is 15.5 Å². The second kappa shape index (κ2) is 6.68. The number of nitrogens with zero attached hydrogens (tertiary/aromatic N) is 1. The van der Waals surface area contributed by atoms with Gasteiger partial charge in [-0.1, -0.05) is 12.1 Å². The van der Waals surface area contributed by atoms with Gasteiger partial charge in [0.15, 0.2) is 5.60 Å². The average molecular weight is 277 g/mol. The highest BCUT2D eigenvalue weighted by molar-refractivity contribution is 5.83. The van der Waals surface area contributed by atoms with Crippen molar-refractivity contribution < 1.29 is 24.9 Å². The van der Waals surface area contributed by atoms with Gasteiger partial charge in [0.1, 0.15) is 0 Å². The van der Waals surface area contributed by atoms with Crippen LogP contribution in [0.3, 0.4) is 0 Å². The van der Waals surface area contributed by atoms with Crippen molar-refractivity contribution >= 4 is 11.9 Å². The molecule has 0 aliphatic carbocycles. The van der Waals surface area contributed by atoms with Crippen molar-refractivity contribution in [3.63, 3.8) is 0 Å². The van der Waals surface area contributed by atoms with E-state index in [-0.39, 0.29) is 6.42 Å². The van der Waals surface area contributed by atoms with Crippen LogP contribution in [0.2, 0.25) is 0 Å². The molecule has 0 bridgehead atoms. The largest absolute Gasteiger partial charge is 0.481 e. The fourth-order valence-corrected chi connectivity index (χ4v) is 1.85. The zero-order chi connectivity index (χ0) is 15.2. The maximum Gasteiger partial charge on any atom is 0.336 e. The number of aliphatic hydroxyl groups is 1. The highest BCUT2D eigenvalue weighted by atomic mass is 16.4. The first-order chi connectivity index (χ1) is 9.37. The molecule has 1 atom stereocenters. The summed E-state index contributed by atoms with van der Waals surface area (Å²) in [5.41, 5.74) is -0.813. The molecule has 0 fully saturated rings. The number of aliphatic carboxylic acids is 2. The van der Waals surface area contributed by atoms with E-state index >= 15 is 0 Å². The van der Waals surface area contributed by atoms with E-state index in [9.17, 15) is 14.7 Å². The molecule has 6 nitrogen and oxygen atoms in total. The molecule has 1 rings (SSSR count). The second-order valence-corrected chi connectivity index (χ2v) is 4.57. The van der Waals surface area contributed by atoms with Crippen LogP contribution < -0.4 is 0 Å². The van der Waals surface area contributed by atoms with Crippen LogP contribution >= 0.6 is 0 Å². The lowest BCUT2D eigenvalue weighted by atomic mass is 9.92. The maximum absolute atomic E-state index is 10.9. The van der Waals surface area contributed by atoms with Crippen molar-refractivity contribution in [1.82, 2.24) is 0 Å². The summed E-state index contributed by atoms with van der Waals surface area (Å²) < 4.78 is 0. The van der Waals surface area contributed by atoms with E-state index in [0.717, 1.165) is 5.56 Å². The van der Waals surface area contributed by atoms with Gasteiger partial charge in [-0.15, -0.1) is 0 Å². The van der Waals surface area contributed by atoms with Gasteiger partial charge in [0.05, 0.1) is 18.1 Å². The number of aryl methyl sites for hydroxylation is 1. The number of carbonyl (C=O) groups is 2. The molecule has 0 unspecified atom stereocenters. The summed E-state index contributed by atoms with van der Waals surface area (Å²) in [6.07, 6.45) is -0.132. The monoisotopic (exact) mass is 277 g/mol. The lowest BCUT2D eigenvalue weighted by molar-refractivity contribution is -0.166. The molecular formula is C14H15NO5. The molecule has 0 saturated heterocycles. The molecule has 20 heavy (non-hydrogen) atoms. The highest BCUT2D eigenvalue weighted by Crippen LogP contribution is 2.20. The Bertz CT molecular complexity index is 531. The third-order valence-corrected chi connectivity index (χ3v) is 2.98. The summed E-state index contributed by atoms with van der Waals surface area (Å²) in [4.78, 5) is 21.5. The van der Waals surface area contributed by atoms with Gasteiger partial charge in [-0.2, -0.15) is 5.26 Å². The molecule has 6 heteroatoms. The molecule has 0 radical (unpaired) electrons. The molecule has 0 spiro atoms. The van der Waals surface area contributed by atoms with Crippen LogP contribution in [0, 0.1) is 11.3 Å². The third kappa shape index (κ3) is 4.37. The number of benzene rings is 1. The number of rotatable bonds is 7. The fraction of sp³-hybridized carbons (Fsp3) is 0.357. The van der Waals surface area contributed by atoms with Crippen molar-refractivity contribution in [2.75, 3.05) is 0 Å². The topological polar surface area (TPSA) is 119 Å². The molecule has 0 aliphatic rings. The molecule has 106 valence electrons. The van der Waals surface area contributed by atoms with Gasteiger partial charge in [0.25, 0.3) is 0 Å². The van der Waals surface area contributed by atoms with Gasteiger partial charge in [-0.25, -0.2) is 4.79 Å². The minimum atomic E-state index is -2.24. The summed E-state index contributed by atoms with van der Waals surface area (Å²) in [6.45, 7) is 0. The second-order valence-electron chi connectivity index (χ2n) is 4.57. The zero-order valence-electron chi connectivity index (χ0n) is 10.7. The summed E-state index contributed by atoms with van der Waals surface area (Å²) >= 11 is 0. The van der Waals surface area contributed by atoms with Crippen molar-refractivity contribution in [3.8, 4) is 6.07 Å². The van der Waals surface area contributed by atoms with Gasteiger partial charge >= 0.3 is 11.9 Å². The summed E-state index contributed by atoms with van der Waals surface area (Å²) in [5.74, 6) is -2.88. The van der Waals surface area contributed by atoms with Crippen LogP contribution in [-0.2, 0) is 16.0 Å². The van der Waals surface area contributed by atoms with E-state index in [0.29, 0.717) is 18.4 Å². The fourth-order valence-electron chi connectivity index (χ4n) is 1.85. The summed E-state index contributed by atoms with van der Waals surface area (Å²) in [7, 11) is 0. The zero-order valence-corrected chi connectivity index (χ0v) is 10.7. The normalized spacial score (nSPS) is 13.2. The van der Waals surface area contributed by atoms with Gasteiger partial charge in [0, 0.05) is 0 Å². The number of carboxylic acids is 2. The summed E-state index contributed by atoms with van der Waals surface area (Å²) in [6, 6.07) is 8.78. The Labute approximate surface area is 115 Å². The molecule has 0 heterocycles. The molecule has 3 N–H and O–H groups in total. The molecule has 0 amide bonds. The quantitative estimate of drug-likeness (QED) is 0.688. The predicted molar refractivity (Wildman–Crippen MR) is 68.9 cm³/mol. The van der Waals surface area contributed by atoms with Gasteiger partial charge in [0.2, 0.25) is 0 Å². The molecule has 1 aromatic carbocycles. The molecule has 0 aliphatic heterocycles. The van der Waals surface area contributed by atoms with Crippen LogP contribution in [0.4, 0.5) is 0 Å². The van der Waals surface area contributed by atoms with Crippen LogP contribution in [0.25, 0.3) is 0 Å². The van der Waals surface area contributed by atoms with Gasteiger partial charge < -0.3 is 15.3 Å². The lowest BCUT2D eigenvalue weighted by Crippen LogP contribution is -2.40. The Morgan fingerprint density at radius 3 is 2.25 bits per heavy atom. The Kier molecular flexibility index (Phi) is 5.23. The number of hydrogen-bond donors (Lipinski definition) is 3. The first-order valence-corrected chi connectivity index (χ1v) is 6.04. The van der Waals surface area contributed by atoms with E-state index in [2.05, 4.69) is 0 Å². The molecule has 1 aromatic rings. The minimum absolute atomic E-state index is 0.144. The Balaban J connectivity index is 2.58. The van der Waals surface area contributed by atoms with Crippen molar-refractivity contribution in [1.29, 1.82) is 5.26 Å². The van der Waals surface area contributed by atoms with Crippen LogP contribution in [-0.4, -0.2) is 32.9 Å². The predicted octanol–water partition coefficient (Wildman–Crippen LogP) is 1.17. The van der Waals surface area contributed by atoms with Crippen molar-refractivity contribution in [2.45, 2.75) is 31.3 Å². The maximum atomic E-state index is 10.9. The first kappa shape index (κ1) is 15.7. The van der Waals surface area contributed by atoms with Crippen LogP contribution in [0.1, 0.15) is 30.4 Å². The SMILES string of the molecule is N#Cc1ccc(CCC[C@@](O)(CC(=O)O)C(=O)O)cc1.